The molecule has 0 aliphatic carbocycles. The Labute approximate surface area is 140 Å². The van der Waals surface area contributed by atoms with Crippen LogP contribution in [0.1, 0.15) is 24.2 Å². The predicted molar refractivity (Wildman–Crippen MR) is 89.1 cm³/mol. The molecule has 0 bridgehead atoms. The highest BCUT2D eigenvalue weighted by Gasteiger charge is 2.20. The normalized spacial score (nSPS) is 10.1. The summed E-state index contributed by atoms with van der Waals surface area (Å²) in [7, 11) is 1.42. The first-order valence-corrected chi connectivity index (χ1v) is 7.40. The number of likely N-dealkylation sites (N-methyl/N-ethyl adjacent to an activating group) is 1. The van der Waals surface area contributed by atoms with E-state index in [4.69, 9.17) is 26.8 Å². The van der Waals surface area contributed by atoms with Crippen molar-refractivity contribution in [3.63, 3.8) is 0 Å². The van der Waals surface area contributed by atoms with Crippen LogP contribution in [0.15, 0.2) is 24.3 Å². The Morgan fingerprint density at radius 1 is 1.39 bits per heavy atom. The van der Waals surface area contributed by atoms with Gasteiger partial charge < -0.3 is 20.1 Å². The lowest BCUT2D eigenvalue weighted by Gasteiger charge is -2.22. The number of rotatable bonds is 8. The van der Waals surface area contributed by atoms with E-state index in [2.05, 4.69) is 6.58 Å². The third-order valence-corrected chi connectivity index (χ3v) is 3.25. The summed E-state index contributed by atoms with van der Waals surface area (Å²) < 4.78 is 10.4. The largest absolute Gasteiger partial charge is 0.493 e. The standard InChI is InChI=1S/C16H21ClN2O4/c1-5-19(8-10(2)3)16(21)11-6-12(17)15(13(7-11)22-4)23-9-14(18)20/h6-7H,2,5,8-9H2,1,3-4H3,(H2,18,20). The van der Waals surface area contributed by atoms with Gasteiger partial charge in [-0.05, 0) is 26.0 Å². The van der Waals surface area contributed by atoms with Crippen LogP contribution in [0.2, 0.25) is 5.02 Å². The molecular weight excluding hydrogens is 320 g/mol. The van der Waals surface area contributed by atoms with E-state index in [-0.39, 0.29) is 29.0 Å². The number of primary amides is 1. The van der Waals surface area contributed by atoms with Gasteiger partial charge in [0.25, 0.3) is 11.8 Å². The topological polar surface area (TPSA) is 81.9 Å². The van der Waals surface area contributed by atoms with Gasteiger partial charge in [-0.25, -0.2) is 0 Å². The highest BCUT2D eigenvalue weighted by Crippen LogP contribution is 2.36. The summed E-state index contributed by atoms with van der Waals surface area (Å²) in [5.41, 5.74) is 6.28. The zero-order valence-electron chi connectivity index (χ0n) is 13.5. The summed E-state index contributed by atoms with van der Waals surface area (Å²) in [6, 6.07) is 3.00. The van der Waals surface area contributed by atoms with E-state index >= 15 is 0 Å². The van der Waals surface area contributed by atoms with Gasteiger partial charge in [-0.1, -0.05) is 23.8 Å². The maximum atomic E-state index is 12.6. The van der Waals surface area contributed by atoms with Crippen LogP contribution in [-0.2, 0) is 4.79 Å². The number of methoxy groups -OCH3 is 1. The van der Waals surface area contributed by atoms with Crippen LogP contribution in [0.5, 0.6) is 11.5 Å². The Kier molecular flexibility index (Phi) is 6.90. The van der Waals surface area contributed by atoms with Crippen LogP contribution in [-0.4, -0.2) is 43.5 Å². The van der Waals surface area contributed by atoms with E-state index in [9.17, 15) is 9.59 Å². The van der Waals surface area contributed by atoms with Crippen molar-refractivity contribution in [2.75, 3.05) is 26.8 Å². The molecule has 1 rings (SSSR count). The second-order valence-corrected chi connectivity index (χ2v) is 5.43. The minimum absolute atomic E-state index is 0.167. The summed E-state index contributed by atoms with van der Waals surface area (Å²) >= 11 is 6.15. The fourth-order valence-corrected chi connectivity index (χ4v) is 2.23. The summed E-state index contributed by atoms with van der Waals surface area (Å²) in [5.74, 6) is -0.403. The molecule has 0 radical (unpaired) electrons. The number of carbonyl (C=O) groups excluding carboxylic acids is 2. The van der Waals surface area contributed by atoms with Crippen molar-refractivity contribution in [1.82, 2.24) is 4.90 Å². The molecule has 0 fully saturated rings. The second-order valence-electron chi connectivity index (χ2n) is 5.02. The Morgan fingerprint density at radius 2 is 2.04 bits per heavy atom. The van der Waals surface area contributed by atoms with Gasteiger partial charge in [0.05, 0.1) is 12.1 Å². The number of nitrogens with two attached hydrogens (primary N) is 1. The molecule has 126 valence electrons. The van der Waals surface area contributed by atoms with Gasteiger partial charge in [-0.3, -0.25) is 9.59 Å². The van der Waals surface area contributed by atoms with E-state index in [0.717, 1.165) is 5.57 Å². The van der Waals surface area contributed by atoms with Gasteiger partial charge in [0.15, 0.2) is 18.1 Å². The van der Waals surface area contributed by atoms with E-state index in [1.54, 1.807) is 4.90 Å². The van der Waals surface area contributed by atoms with Crippen LogP contribution in [0.3, 0.4) is 0 Å². The maximum absolute atomic E-state index is 12.6. The van der Waals surface area contributed by atoms with E-state index in [1.165, 1.54) is 19.2 Å². The van der Waals surface area contributed by atoms with Crippen molar-refractivity contribution in [3.8, 4) is 11.5 Å². The molecule has 2 N–H and O–H groups in total. The Bertz CT molecular complexity index is 616. The number of hydrogen-bond donors (Lipinski definition) is 1. The second kappa shape index (κ2) is 8.43. The molecule has 23 heavy (non-hydrogen) atoms. The van der Waals surface area contributed by atoms with Crippen LogP contribution in [0.4, 0.5) is 0 Å². The van der Waals surface area contributed by atoms with E-state index in [0.29, 0.717) is 18.7 Å². The quantitative estimate of drug-likeness (QED) is 0.736. The molecule has 2 amide bonds. The van der Waals surface area contributed by atoms with Crippen molar-refractivity contribution in [1.29, 1.82) is 0 Å². The Hall–Kier alpha value is -2.21. The third-order valence-electron chi connectivity index (χ3n) is 2.96. The summed E-state index contributed by atoms with van der Waals surface area (Å²) in [4.78, 5) is 25.0. The zero-order chi connectivity index (χ0) is 17.6. The number of hydrogen-bond acceptors (Lipinski definition) is 4. The van der Waals surface area contributed by atoms with Crippen LogP contribution >= 0.6 is 11.6 Å². The van der Waals surface area contributed by atoms with E-state index < -0.39 is 5.91 Å². The zero-order valence-corrected chi connectivity index (χ0v) is 14.3. The van der Waals surface area contributed by atoms with E-state index in [1.807, 2.05) is 13.8 Å². The number of ether oxygens (including phenoxy) is 2. The molecule has 0 unspecified atom stereocenters. The molecule has 1 aromatic rings. The number of carbonyl (C=O) groups is 2. The fraction of sp³-hybridized carbons (Fsp3) is 0.375. The van der Waals surface area contributed by atoms with Crippen LogP contribution in [0.25, 0.3) is 0 Å². The molecule has 0 heterocycles. The smallest absolute Gasteiger partial charge is 0.255 e. The first-order chi connectivity index (χ1) is 10.8. The number of halogens is 1. The van der Waals surface area contributed by atoms with Gasteiger partial charge in [0.1, 0.15) is 0 Å². The molecule has 0 saturated carbocycles. The number of benzene rings is 1. The molecule has 0 aliphatic rings. The highest BCUT2D eigenvalue weighted by atomic mass is 35.5. The molecule has 1 aromatic carbocycles. The monoisotopic (exact) mass is 340 g/mol. The predicted octanol–water partition coefficient (Wildman–Crippen LogP) is 2.25. The average molecular weight is 341 g/mol. The lowest BCUT2D eigenvalue weighted by atomic mass is 10.1. The first kappa shape index (κ1) is 18.8. The third kappa shape index (κ3) is 5.17. The minimum atomic E-state index is -0.637. The van der Waals surface area contributed by atoms with Crippen molar-refractivity contribution in [2.24, 2.45) is 5.73 Å². The van der Waals surface area contributed by atoms with Crippen LogP contribution < -0.4 is 15.2 Å². The Balaban J connectivity index is 3.13. The number of amides is 2. The maximum Gasteiger partial charge on any atom is 0.255 e. The average Bonchev–Trinajstić information content (AvgIpc) is 2.49. The van der Waals surface area contributed by atoms with Gasteiger partial charge in [0, 0.05) is 18.7 Å². The molecule has 6 nitrogen and oxygen atoms in total. The molecule has 0 spiro atoms. The molecular formula is C16H21ClN2O4. The fourth-order valence-electron chi connectivity index (χ4n) is 1.96. The van der Waals surface area contributed by atoms with Crippen molar-refractivity contribution in [3.05, 3.63) is 34.9 Å². The summed E-state index contributed by atoms with van der Waals surface area (Å²) in [5, 5.41) is 0.167. The van der Waals surface area contributed by atoms with Gasteiger partial charge in [0.2, 0.25) is 0 Å². The van der Waals surface area contributed by atoms with Crippen molar-refractivity contribution >= 4 is 23.4 Å². The van der Waals surface area contributed by atoms with Gasteiger partial charge in [-0.15, -0.1) is 0 Å². The molecule has 0 saturated heterocycles. The highest BCUT2D eigenvalue weighted by molar-refractivity contribution is 6.32. The molecule has 7 heteroatoms. The number of nitrogens with zero attached hydrogens (tertiary/aromatic N) is 1. The van der Waals surface area contributed by atoms with Crippen LogP contribution in [0, 0.1) is 0 Å². The SMILES string of the molecule is C=C(C)CN(CC)C(=O)c1cc(Cl)c(OCC(N)=O)c(OC)c1. The first-order valence-electron chi connectivity index (χ1n) is 7.02. The van der Waals surface area contributed by atoms with Gasteiger partial charge >= 0.3 is 0 Å². The van der Waals surface area contributed by atoms with Crippen molar-refractivity contribution < 1.29 is 19.1 Å². The minimum Gasteiger partial charge on any atom is -0.493 e. The summed E-state index contributed by atoms with van der Waals surface area (Å²) in [6.07, 6.45) is 0. The molecule has 0 aliphatic heterocycles. The molecule has 0 atom stereocenters. The Morgan fingerprint density at radius 3 is 2.52 bits per heavy atom. The lowest BCUT2D eigenvalue weighted by Crippen LogP contribution is -2.32. The molecule has 0 aromatic heterocycles. The van der Waals surface area contributed by atoms with Crippen molar-refractivity contribution in [2.45, 2.75) is 13.8 Å². The summed E-state index contributed by atoms with van der Waals surface area (Å²) in [6.45, 7) is 8.20. The van der Waals surface area contributed by atoms with Gasteiger partial charge in [-0.2, -0.15) is 0 Å². The lowest BCUT2D eigenvalue weighted by molar-refractivity contribution is -0.119.